The number of hydrogen-bond donors (Lipinski definition) is 0. The maximum atomic E-state index is 13.8. The molecule has 1 atom stereocenters. The number of aryl methyl sites for hydroxylation is 1. The zero-order valence-electron chi connectivity index (χ0n) is 13.8. The molecule has 2 heterocycles. The predicted molar refractivity (Wildman–Crippen MR) is 87.5 cm³/mol. The van der Waals surface area contributed by atoms with Crippen molar-refractivity contribution in [2.45, 2.75) is 24.3 Å². The topological polar surface area (TPSA) is 81.6 Å². The summed E-state index contributed by atoms with van der Waals surface area (Å²) in [4.78, 5) is -0.110. The van der Waals surface area contributed by atoms with Gasteiger partial charge in [-0.1, -0.05) is 0 Å². The number of rotatable bonds is 5. The van der Waals surface area contributed by atoms with E-state index in [9.17, 15) is 12.8 Å². The molecule has 7 nitrogen and oxygen atoms in total. The molecule has 0 N–H and O–H groups in total. The fourth-order valence-corrected chi connectivity index (χ4v) is 4.09. The molecule has 1 aromatic carbocycles. The molecule has 0 spiro atoms. The highest BCUT2D eigenvalue weighted by atomic mass is 32.2. The van der Waals surface area contributed by atoms with E-state index in [1.807, 2.05) is 6.92 Å². The minimum Gasteiger partial charge on any atom is -0.494 e. The third-order valence-corrected chi connectivity index (χ3v) is 5.79. The first-order valence-corrected chi connectivity index (χ1v) is 9.15. The Hall–Kier alpha value is -2.26. The number of nitrogens with zero attached hydrogens (tertiary/aromatic N) is 3. The Kier molecular flexibility index (Phi) is 4.87. The Morgan fingerprint density at radius 1 is 1.24 bits per heavy atom. The Bertz CT molecular complexity index is 858. The van der Waals surface area contributed by atoms with E-state index >= 15 is 0 Å². The monoisotopic (exact) mass is 367 g/mol. The van der Waals surface area contributed by atoms with Gasteiger partial charge in [-0.05, 0) is 37.6 Å². The molecule has 0 aliphatic carbocycles. The summed E-state index contributed by atoms with van der Waals surface area (Å²) < 4.78 is 50.9. The first-order valence-electron chi connectivity index (χ1n) is 7.71. The fraction of sp³-hybridized carbons (Fsp3) is 0.375. The number of halogens is 1. The number of methoxy groups -OCH3 is 1. The molecule has 0 radical (unpaired) electrons. The molecule has 1 aliphatic rings. The first kappa shape index (κ1) is 17.6. The van der Waals surface area contributed by atoms with E-state index in [0.717, 1.165) is 11.8 Å². The SMILES string of the molecule is COc1ccc(S(=O)(=O)N2CCC(Oc3ccc(C)nn3)C2)cc1F. The van der Waals surface area contributed by atoms with Crippen LogP contribution in [-0.4, -0.2) is 49.2 Å². The average molecular weight is 367 g/mol. The van der Waals surface area contributed by atoms with Crippen LogP contribution in [0.15, 0.2) is 35.2 Å². The fourth-order valence-electron chi connectivity index (χ4n) is 2.59. The molecular weight excluding hydrogens is 349 g/mol. The Labute approximate surface area is 145 Å². The van der Waals surface area contributed by atoms with Crippen LogP contribution in [0.3, 0.4) is 0 Å². The molecule has 1 aliphatic heterocycles. The van der Waals surface area contributed by atoms with E-state index in [1.54, 1.807) is 12.1 Å². The van der Waals surface area contributed by atoms with Gasteiger partial charge in [0.25, 0.3) is 0 Å². The Morgan fingerprint density at radius 2 is 2.04 bits per heavy atom. The third kappa shape index (κ3) is 3.72. The van der Waals surface area contributed by atoms with Gasteiger partial charge in [-0.3, -0.25) is 0 Å². The first-order chi connectivity index (χ1) is 11.9. The molecule has 134 valence electrons. The van der Waals surface area contributed by atoms with Crippen molar-refractivity contribution >= 4 is 10.0 Å². The molecule has 3 rings (SSSR count). The highest BCUT2D eigenvalue weighted by molar-refractivity contribution is 7.89. The normalized spacial score (nSPS) is 18.3. The molecule has 0 bridgehead atoms. The summed E-state index contributed by atoms with van der Waals surface area (Å²) in [5.74, 6) is -0.365. The maximum absolute atomic E-state index is 13.8. The van der Waals surface area contributed by atoms with Gasteiger partial charge in [0.15, 0.2) is 11.6 Å². The van der Waals surface area contributed by atoms with Gasteiger partial charge in [-0.25, -0.2) is 12.8 Å². The zero-order chi connectivity index (χ0) is 18.0. The maximum Gasteiger partial charge on any atom is 0.243 e. The lowest BCUT2D eigenvalue weighted by molar-refractivity contribution is 0.204. The molecule has 1 aromatic heterocycles. The molecular formula is C16H18FN3O4S. The van der Waals surface area contributed by atoms with E-state index in [4.69, 9.17) is 9.47 Å². The van der Waals surface area contributed by atoms with Crippen LogP contribution in [0.25, 0.3) is 0 Å². The van der Waals surface area contributed by atoms with Gasteiger partial charge in [0.1, 0.15) is 6.10 Å². The van der Waals surface area contributed by atoms with Gasteiger partial charge in [0, 0.05) is 12.6 Å². The minimum absolute atomic E-state index is 0.000438. The van der Waals surface area contributed by atoms with Gasteiger partial charge >= 0.3 is 0 Å². The second-order valence-electron chi connectivity index (χ2n) is 5.70. The van der Waals surface area contributed by atoms with Crippen molar-refractivity contribution < 1.29 is 22.3 Å². The second kappa shape index (κ2) is 6.93. The van der Waals surface area contributed by atoms with Crippen LogP contribution in [0.5, 0.6) is 11.6 Å². The van der Waals surface area contributed by atoms with Crippen LogP contribution >= 0.6 is 0 Å². The van der Waals surface area contributed by atoms with Crippen LogP contribution in [0.4, 0.5) is 4.39 Å². The molecule has 0 amide bonds. The van der Waals surface area contributed by atoms with Crippen molar-refractivity contribution in [2.24, 2.45) is 0 Å². The minimum atomic E-state index is -3.80. The third-order valence-electron chi connectivity index (χ3n) is 3.93. The van der Waals surface area contributed by atoms with E-state index in [-0.39, 0.29) is 23.3 Å². The Balaban J connectivity index is 1.71. The van der Waals surface area contributed by atoms with Crippen molar-refractivity contribution in [1.29, 1.82) is 0 Å². The zero-order valence-corrected chi connectivity index (χ0v) is 14.7. The van der Waals surface area contributed by atoms with Gasteiger partial charge in [-0.2, -0.15) is 9.40 Å². The molecule has 0 saturated carbocycles. The van der Waals surface area contributed by atoms with Crippen molar-refractivity contribution in [3.05, 3.63) is 41.8 Å². The average Bonchev–Trinajstić information content (AvgIpc) is 3.06. The number of hydrogen-bond acceptors (Lipinski definition) is 6. The summed E-state index contributed by atoms with van der Waals surface area (Å²) in [7, 11) is -2.47. The lowest BCUT2D eigenvalue weighted by atomic mass is 10.3. The van der Waals surface area contributed by atoms with Gasteiger partial charge < -0.3 is 9.47 Å². The van der Waals surface area contributed by atoms with Gasteiger partial charge in [0.05, 0.1) is 24.2 Å². The van der Waals surface area contributed by atoms with E-state index < -0.39 is 15.8 Å². The van der Waals surface area contributed by atoms with Crippen LogP contribution < -0.4 is 9.47 Å². The van der Waals surface area contributed by atoms with E-state index in [0.29, 0.717) is 18.8 Å². The van der Waals surface area contributed by atoms with Crippen molar-refractivity contribution in [3.63, 3.8) is 0 Å². The van der Waals surface area contributed by atoms with Crippen LogP contribution in [0.1, 0.15) is 12.1 Å². The van der Waals surface area contributed by atoms with E-state index in [2.05, 4.69) is 10.2 Å². The number of aromatic nitrogens is 2. The van der Waals surface area contributed by atoms with Crippen LogP contribution in [-0.2, 0) is 10.0 Å². The van der Waals surface area contributed by atoms with Crippen molar-refractivity contribution in [3.8, 4) is 11.6 Å². The largest absolute Gasteiger partial charge is 0.494 e. The summed E-state index contributed by atoms with van der Waals surface area (Å²) >= 11 is 0. The highest BCUT2D eigenvalue weighted by Crippen LogP contribution is 2.26. The number of sulfonamides is 1. The molecule has 2 aromatic rings. The molecule has 25 heavy (non-hydrogen) atoms. The van der Waals surface area contributed by atoms with Crippen LogP contribution in [0, 0.1) is 12.7 Å². The van der Waals surface area contributed by atoms with Gasteiger partial charge in [0.2, 0.25) is 15.9 Å². The summed E-state index contributed by atoms with van der Waals surface area (Å²) in [5, 5.41) is 7.82. The quantitative estimate of drug-likeness (QED) is 0.801. The summed E-state index contributed by atoms with van der Waals surface area (Å²) in [5.41, 5.74) is 0.768. The standard InChI is InChI=1S/C16H18FN3O4S/c1-11-3-6-16(19-18-11)24-12-7-8-20(10-12)25(21,22)13-4-5-15(23-2)14(17)9-13/h3-6,9,12H,7-8,10H2,1-2H3. The Morgan fingerprint density at radius 3 is 2.68 bits per heavy atom. The molecule has 9 heteroatoms. The van der Waals surface area contributed by atoms with Crippen molar-refractivity contribution in [1.82, 2.24) is 14.5 Å². The molecule has 1 unspecified atom stereocenters. The summed E-state index contributed by atoms with van der Waals surface area (Å²) in [6.07, 6.45) is 0.197. The van der Waals surface area contributed by atoms with Gasteiger partial charge in [-0.15, -0.1) is 5.10 Å². The summed E-state index contributed by atoms with van der Waals surface area (Å²) in [6, 6.07) is 7.06. The predicted octanol–water partition coefficient (Wildman–Crippen LogP) is 1.77. The molecule has 1 saturated heterocycles. The lowest BCUT2D eigenvalue weighted by Crippen LogP contribution is -2.31. The van der Waals surface area contributed by atoms with Crippen molar-refractivity contribution in [2.75, 3.05) is 20.2 Å². The number of benzene rings is 1. The second-order valence-corrected chi connectivity index (χ2v) is 7.64. The van der Waals surface area contributed by atoms with E-state index in [1.165, 1.54) is 23.5 Å². The molecule has 1 fully saturated rings. The number of ether oxygens (including phenoxy) is 2. The van der Waals surface area contributed by atoms with Crippen LogP contribution in [0.2, 0.25) is 0 Å². The lowest BCUT2D eigenvalue weighted by Gasteiger charge is -2.17. The smallest absolute Gasteiger partial charge is 0.243 e. The summed E-state index contributed by atoms with van der Waals surface area (Å²) in [6.45, 7) is 2.28. The highest BCUT2D eigenvalue weighted by Gasteiger charge is 2.34.